The molecule has 0 amide bonds. The molecule has 1 aromatic heterocycles. The average Bonchev–Trinajstić information content (AvgIpc) is 2.66. The van der Waals surface area contributed by atoms with E-state index in [9.17, 15) is 8.42 Å². The maximum absolute atomic E-state index is 12.3. The molecule has 2 aromatic rings. The van der Waals surface area contributed by atoms with Crippen LogP contribution in [-0.4, -0.2) is 13.4 Å². The van der Waals surface area contributed by atoms with Gasteiger partial charge in [0.05, 0.1) is 10.6 Å². The summed E-state index contributed by atoms with van der Waals surface area (Å²) in [6.07, 6.45) is 0. The first-order chi connectivity index (χ1) is 8.38. The Kier molecular flexibility index (Phi) is 3.41. The van der Waals surface area contributed by atoms with Gasteiger partial charge in [-0.05, 0) is 31.5 Å². The maximum Gasteiger partial charge on any atom is 0.186 e. The number of hydrogen-bond acceptors (Lipinski definition) is 5. The van der Waals surface area contributed by atoms with E-state index in [1.807, 2.05) is 19.2 Å². The molecule has 18 heavy (non-hydrogen) atoms. The molecular weight excluding hydrogens is 268 g/mol. The van der Waals surface area contributed by atoms with Crippen LogP contribution in [0.25, 0.3) is 0 Å². The molecule has 0 atom stereocenters. The fourth-order valence-electron chi connectivity index (χ4n) is 1.62. The summed E-state index contributed by atoms with van der Waals surface area (Å²) in [5, 5.41) is 2.43. The third kappa shape index (κ3) is 2.70. The Bertz CT molecular complexity index is 675. The van der Waals surface area contributed by atoms with Gasteiger partial charge in [0.1, 0.15) is 10.8 Å². The predicted molar refractivity (Wildman–Crippen MR) is 73.3 cm³/mol. The molecule has 6 heteroatoms. The van der Waals surface area contributed by atoms with E-state index in [-0.39, 0.29) is 16.3 Å². The second-order valence-electron chi connectivity index (χ2n) is 4.18. The monoisotopic (exact) mass is 282 g/mol. The molecule has 2 N–H and O–H groups in total. The lowest BCUT2D eigenvalue weighted by Crippen LogP contribution is -2.08. The molecule has 0 radical (unpaired) electrons. The number of rotatable bonds is 3. The van der Waals surface area contributed by atoms with Gasteiger partial charge in [-0.2, -0.15) is 0 Å². The first kappa shape index (κ1) is 13.0. The zero-order valence-corrected chi connectivity index (χ0v) is 11.8. The normalized spacial score (nSPS) is 11.7. The lowest BCUT2D eigenvalue weighted by atomic mass is 10.2. The molecule has 0 spiro atoms. The van der Waals surface area contributed by atoms with E-state index in [4.69, 9.17) is 5.73 Å². The van der Waals surface area contributed by atoms with Gasteiger partial charge in [0.15, 0.2) is 9.84 Å². The second-order valence-corrected chi connectivity index (χ2v) is 7.08. The highest BCUT2D eigenvalue weighted by Gasteiger charge is 2.20. The summed E-state index contributed by atoms with van der Waals surface area (Å²) < 4.78 is 24.5. The average molecular weight is 282 g/mol. The van der Waals surface area contributed by atoms with E-state index in [0.717, 1.165) is 11.3 Å². The van der Waals surface area contributed by atoms with E-state index >= 15 is 0 Å². The number of nitrogens with two attached hydrogens (primary N) is 1. The number of hydrogen-bond donors (Lipinski definition) is 1. The Balaban J connectivity index is 2.39. The number of aromatic nitrogens is 1. The van der Waals surface area contributed by atoms with Crippen LogP contribution in [0.3, 0.4) is 0 Å². The number of thiazole rings is 1. The van der Waals surface area contributed by atoms with Crippen molar-refractivity contribution in [3.8, 4) is 0 Å². The van der Waals surface area contributed by atoms with E-state index in [1.54, 1.807) is 18.2 Å². The molecule has 2 rings (SSSR count). The van der Waals surface area contributed by atoms with Crippen molar-refractivity contribution in [2.75, 3.05) is 5.73 Å². The largest absolute Gasteiger partial charge is 0.398 e. The van der Waals surface area contributed by atoms with E-state index < -0.39 is 9.84 Å². The summed E-state index contributed by atoms with van der Waals surface area (Å²) >= 11 is 1.35. The minimum absolute atomic E-state index is 0.0981. The van der Waals surface area contributed by atoms with E-state index in [1.165, 1.54) is 11.3 Å². The molecule has 0 aliphatic heterocycles. The highest BCUT2D eigenvalue weighted by molar-refractivity contribution is 7.91. The molecule has 1 heterocycles. The van der Waals surface area contributed by atoms with Gasteiger partial charge < -0.3 is 5.73 Å². The smallest absolute Gasteiger partial charge is 0.186 e. The molecule has 0 unspecified atom stereocenters. The third-order valence-corrected chi connectivity index (χ3v) is 5.31. The van der Waals surface area contributed by atoms with Crippen molar-refractivity contribution in [1.29, 1.82) is 0 Å². The molecular formula is C12H14N2O2S2. The minimum atomic E-state index is -3.43. The van der Waals surface area contributed by atoms with Crippen molar-refractivity contribution in [3.63, 3.8) is 0 Å². The highest BCUT2D eigenvalue weighted by atomic mass is 32.2. The molecule has 0 saturated heterocycles. The van der Waals surface area contributed by atoms with Gasteiger partial charge in [-0.15, -0.1) is 11.3 Å². The second kappa shape index (κ2) is 4.70. The van der Waals surface area contributed by atoms with E-state index in [0.29, 0.717) is 5.01 Å². The first-order valence-corrected chi connectivity index (χ1v) is 7.91. The maximum atomic E-state index is 12.3. The number of benzene rings is 1. The Morgan fingerprint density at radius 3 is 2.67 bits per heavy atom. The highest BCUT2D eigenvalue weighted by Crippen LogP contribution is 2.24. The quantitative estimate of drug-likeness (QED) is 0.877. The molecule has 0 aliphatic carbocycles. The van der Waals surface area contributed by atoms with Gasteiger partial charge in [0, 0.05) is 11.1 Å². The van der Waals surface area contributed by atoms with E-state index in [2.05, 4.69) is 4.98 Å². The van der Waals surface area contributed by atoms with Crippen molar-refractivity contribution < 1.29 is 8.42 Å². The van der Waals surface area contributed by atoms with Gasteiger partial charge >= 0.3 is 0 Å². The van der Waals surface area contributed by atoms with Crippen molar-refractivity contribution in [3.05, 3.63) is 39.8 Å². The molecule has 0 aliphatic rings. The molecule has 4 nitrogen and oxygen atoms in total. The van der Waals surface area contributed by atoms with Gasteiger partial charge in [0.25, 0.3) is 0 Å². The SMILES string of the molecule is Cc1ccc(N)c(S(=O)(=O)Cc2nc(C)cs2)c1. The first-order valence-electron chi connectivity index (χ1n) is 5.38. The van der Waals surface area contributed by atoms with Crippen LogP contribution >= 0.6 is 11.3 Å². The van der Waals surface area contributed by atoms with Crippen LogP contribution in [0.15, 0.2) is 28.5 Å². The fourth-order valence-corrected chi connectivity index (χ4v) is 4.25. The number of aryl methyl sites for hydroxylation is 2. The molecule has 96 valence electrons. The summed E-state index contributed by atoms with van der Waals surface area (Å²) in [4.78, 5) is 4.36. The van der Waals surface area contributed by atoms with Crippen LogP contribution in [0.1, 0.15) is 16.3 Å². The lowest BCUT2D eigenvalue weighted by Gasteiger charge is -2.07. The Labute approximate surface area is 110 Å². The van der Waals surface area contributed by atoms with Crippen LogP contribution in [0.4, 0.5) is 5.69 Å². The number of sulfone groups is 1. The zero-order valence-electron chi connectivity index (χ0n) is 10.2. The third-order valence-electron chi connectivity index (χ3n) is 2.48. The van der Waals surface area contributed by atoms with Crippen LogP contribution in [0, 0.1) is 13.8 Å². The van der Waals surface area contributed by atoms with Crippen LogP contribution < -0.4 is 5.73 Å². The van der Waals surface area contributed by atoms with Crippen LogP contribution in [0.5, 0.6) is 0 Å². The number of nitrogen functional groups attached to an aromatic ring is 1. The van der Waals surface area contributed by atoms with Gasteiger partial charge in [0.2, 0.25) is 0 Å². The number of anilines is 1. The summed E-state index contributed by atoms with van der Waals surface area (Å²) in [6.45, 7) is 3.68. The summed E-state index contributed by atoms with van der Waals surface area (Å²) in [5.74, 6) is -0.0981. The fraction of sp³-hybridized carbons (Fsp3) is 0.250. The Hall–Kier alpha value is -1.40. The topological polar surface area (TPSA) is 73.1 Å². The van der Waals surface area contributed by atoms with Crippen LogP contribution in [-0.2, 0) is 15.6 Å². The van der Waals surface area contributed by atoms with Crippen molar-refractivity contribution in [1.82, 2.24) is 4.98 Å². The van der Waals surface area contributed by atoms with Gasteiger partial charge in [-0.3, -0.25) is 0 Å². The predicted octanol–water partition coefficient (Wildman–Crippen LogP) is 2.32. The van der Waals surface area contributed by atoms with Crippen molar-refractivity contribution in [2.24, 2.45) is 0 Å². The Morgan fingerprint density at radius 2 is 2.06 bits per heavy atom. The molecule has 1 aromatic carbocycles. The minimum Gasteiger partial charge on any atom is -0.398 e. The Morgan fingerprint density at radius 1 is 1.33 bits per heavy atom. The molecule has 0 bridgehead atoms. The van der Waals surface area contributed by atoms with Crippen molar-refractivity contribution >= 4 is 26.9 Å². The lowest BCUT2D eigenvalue weighted by molar-refractivity contribution is 0.595. The van der Waals surface area contributed by atoms with Gasteiger partial charge in [-0.1, -0.05) is 6.07 Å². The summed E-state index contributed by atoms with van der Waals surface area (Å²) in [5.41, 5.74) is 7.73. The van der Waals surface area contributed by atoms with Crippen molar-refractivity contribution in [2.45, 2.75) is 24.5 Å². The number of nitrogens with zero attached hydrogens (tertiary/aromatic N) is 1. The van der Waals surface area contributed by atoms with Gasteiger partial charge in [-0.25, -0.2) is 13.4 Å². The summed E-state index contributed by atoms with van der Waals surface area (Å²) in [7, 11) is -3.43. The molecule has 0 fully saturated rings. The van der Waals surface area contributed by atoms with Crippen LogP contribution in [0.2, 0.25) is 0 Å². The summed E-state index contributed by atoms with van der Waals surface area (Å²) in [6, 6.07) is 5.02. The standard InChI is InChI=1S/C12H14N2O2S2/c1-8-3-4-10(13)11(5-8)18(15,16)7-12-14-9(2)6-17-12/h3-6H,7,13H2,1-2H3. The molecule has 0 saturated carbocycles. The zero-order chi connectivity index (χ0) is 13.3.